The average molecular weight is 438 g/mol. The molecule has 0 heterocycles. The van der Waals surface area contributed by atoms with Crippen LogP contribution in [0.1, 0.15) is 30.6 Å². The third-order valence-electron chi connectivity index (χ3n) is 4.23. The quantitative estimate of drug-likeness (QED) is 0.630. The van der Waals surface area contributed by atoms with Gasteiger partial charge in [0.1, 0.15) is 0 Å². The summed E-state index contributed by atoms with van der Waals surface area (Å²) < 4.78 is 26.6. The monoisotopic (exact) mass is 437 g/mol. The van der Waals surface area contributed by atoms with E-state index in [1.54, 1.807) is 35.2 Å². The van der Waals surface area contributed by atoms with Gasteiger partial charge in [0.25, 0.3) is 5.91 Å². The van der Waals surface area contributed by atoms with E-state index in [-0.39, 0.29) is 34.7 Å². The first-order valence-electron chi connectivity index (χ1n) is 9.21. The number of nitrogens with one attached hydrogen (secondary N) is 2. The molecule has 7 nitrogen and oxygen atoms in total. The molecule has 0 radical (unpaired) electrons. The highest BCUT2D eigenvalue weighted by Gasteiger charge is 2.17. The van der Waals surface area contributed by atoms with E-state index in [2.05, 4.69) is 10.0 Å². The van der Waals surface area contributed by atoms with Crippen LogP contribution in [-0.4, -0.2) is 44.8 Å². The van der Waals surface area contributed by atoms with Crippen LogP contribution in [0.15, 0.2) is 53.4 Å². The summed E-state index contributed by atoms with van der Waals surface area (Å²) in [7, 11) is -3.66. The van der Waals surface area contributed by atoms with E-state index < -0.39 is 10.0 Å². The van der Waals surface area contributed by atoms with E-state index in [9.17, 15) is 18.0 Å². The normalized spacial score (nSPS) is 11.1. The number of halogens is 1. The molecule has 2 aromatic rings. The maximum atomic E-state index is 12.4. The van der Waals surface area contributed by atoms with Gasteiger partial charge in [0.2, 0.25) is 15.9 Å². The second-order valence-corrected chi connectivity index (χ2v) is 8.36. The van der Waals surface area contributed by atoms with Gasteiger partial charge in [-0.2, -0.15) is 0 Å². The van der Waals surface area contributed by atoms with Crippen LogP contribution < -0.4 is 10.0 Å². The molecule has 9 heteroatoms. The standard InChI is InChI=1S/C20H24ClN3O4S/c1-3-24(4-2)20(26)17-11-10-15(14-18(17)21)23-19(25)12-13-22-29(27,28)16-8-6-5-7-9-16/h5-11,14,22H,3-4,12-13H2,1-2H3,(H,23,25). The molecule has 0 fully saturated rings. The fourth-order valence-electron chi connectivity index (χ4n) is 2.65. The summed E-state index contributed by atoms with van der Waals surface area (Å²) in [5.41, 5.74) is 0.797. The second kappa shape index (κ2) is 10.4. The topological polar surface area (TPSA) is 95.6 Å². The number of hydrogen-bond acceptors (Lipinski definition) is 4. The highest BCUT2D eigenvalue weighted by Crippen LogP contribution is 2.22. The van der Waals surface area contributed by atoms with Gasteiger partial charge in [-0.05, 0) is 44.2 Å². The number of carbonyl (C=O) groups is 2. The van der Waals surface area contributed by atoms with Crippen LogP contribution in [-0.2, 0) is 14.8 Å². The lowest BCUT2D eigenvalue weighted by Gasteiger charge is -2.19. The molecule has 0 aliphatic carbocycles. The molecule has 0 saturated carbocycles. The number of nitrogens with zero attached hydrogens (tertiary/aromatic N) is 1. The minimum absolute atomic E-state index is 0.0463. The molecule has 0 saturated heterocycles. The summed E-state index contributed by atoms with van der Waals surface area (Å²) in [5.74, 6) is -0.548. The lowest BCUT2D eigenvalue weighted by molar-refractivity contribution is -0.116. The molecular formula is C20H24ClN3O4S. The Balaban J connectivity index is 1.92. The van der Waals surface area contributed by atoms with E-state index in [4.69, 9.17) is 11.6 Å². The van der Waals surface area contributed by atoms with Crippen molar-refractivity contribution in [3.63, 3.8) is 0 Å². The minimum Gasteiger partial charge on any atom is -0.339 e. The largest absolute Gasteiger partial charge is 0.339 e. The van der Waals surface area contributed by atoms with Gasteiger partial charge in [-0.25, -0.2) is 13.1 Å². The number of carbonyl (C=O) groups excluding carboxylic acids is 2. The molecule has 2 amide bonds. The summed E-state index contributed by atoms with van der Waals surface area (Å²) >= 11 is 6.21. The molecule has 0 spiro atoms. The van der Waals surface area contributed by atoms with Crippen LogP contribution >= 0.6 is 11.6 Å². The van der Waals surface area contributed by atoms with Crippen LogP contribution in [0.4, 0.5) is 5.69 Å². The van der Waals surface area contributed by atoms with Crippen molar-refractivity contribution in [2.45, 2.75) is 25.2 Å². The van der Waals surface area contributed by atoms with Crippen LogP contribution in [0.2, 0.25) is 5.02 Å². The van der Waals surface area contributed by atoms with Crippen molar-refractivity contribution < 1.29 is 18.0 Å². The highest BCUT2D eigenvalue weighted by atomic mass is 35.5. The van der Waals surface area contributed by atoms with Crippen molar-refractivity contribution >= 4 is 39.1 Å². The van der Waals surface area contributed by atoms with E-state index >= 15 is 0 Å². The Morgan fingerprint density at radius 2 is 1.69 bits per heavy atom. The van der Waals surface area contributed by atoms with Crippen LogP contribution in [0.3, 0.4) is 0 Å². The van der Waals surface area contributed by atoms with Gasteiger partial charge in [-0.1, -0.05) is 29.8 Å². The zero-order valence-electron chi connectivity index (χ0n) is 16.3. The number of benzene rings is 2. The molecule has 0 aliphatic heterocycles. The number of hydrogen-bond donors (Lipinski definition) is 2. The molecular weight excluding hydrogens is 414 g/mol. The lowest BCUT2D eigenvalue weighted by Crippen LogP contribution is -2.30. The summed E-state index contributed by atoms with van der Waals surface area (Å²) in [6.45, 7) is 4.87. The Morgan fingerprint density at radius 1 is 1.03 bits per heavy atom. The molecule has 2 N–H and O–H groups in total. The molecule has 0 bridgehead atoms. The van der Waals surface area contributed by atoms with Gasteiger partial charge in [0, 0.05) is 31.7 Å². The molecule has 0 aromatic heterocycles. The summed E-state index contributed by atoms with van der Waals surface area (Å²) in [4.78, 5) is 26.3. The Labute approximate surface area is 176 Å². The Hall–Kier alpha value is -2.42. The lowest BCUT2D eigenvalue weighted by atomic mass is 10.1. The first-order valence-corrected chi connectivity index (χ1v) is 11.1. The van der Waals surface area contributed by atoms with Gasteiger partial charge in [-0.3, -0.25) is 9.59 Å². The third-order valence-corrected chi connectivity index (χ3v) is 6.02. The third kappa shape index (κ3) is 6.28. The van der Waals surface area contributed by atoms with E-state index in [1.165, 1.54) is 18.2 Å². The molecule has 0 aliphatic rings. The van der Waals surface area contributed by atoms with Gasteiger partial charge in [-0.15, -0.1) is 0 Å². The van der Waals surface area contributed by atoms with Crippen molar-refractivity contribution in [2.75, 3.05) is 25.0 Å². The predicted octanol–water partition coefficient (Wildman–Crippen LogP) is 3.13. The minimum atomic E-state index is -3.66. The predicted molar refractivity (Wildman–Crippen MR) is 114 cm³/mol. The molecule has 2 aromatic carbocycles. The van der Waals surface area contributed by atoms with E-state index in [0.717, 1.165) is 0 Å². The van der Waals surface area contributed by atoms with Gasteiger partial charge in [0.15, 0.2) is 0 Å². The molecule has 29 heavy (non-hydrogen) atoms. The number of rotatable bonds is 9. The Morgan fingerprint density at radius 3 is 2.28 bits per heavy atom. The Bertz CT molecular complexity index is 961. The van der Waals surface area contributed by atoms with Gasteiger partial charge < -0.3 is 10.2 Å². The summed E-state index contributed by atoms with van der Waals surface area (Å²) in [6, 6.07) is 12.6. The van der Waals surface area contributed by atoms with Crippen molar-refractivity contribution in [2.24, 2.45) is 0 Å². The maximum absolute atomic E-state index is 12.4. The van der Waals surface area contributed by atoms with Crippen molar-refractivity contribution in [1.82, 2.24) is 9.62 Å². The van der Waals surface area contributed by atoms with Crippen LogP contribution in [0.25, 0.3) is 0 Å². The fourth-order valence-corrected chi connectivity index (χ4v) is 3.97. The van der Waals surface area contributed by atoms with Crippen molar-refractivity contribution in [3.8, 4) is 0 Å². The SMILES string of the molecule is CCN(CC)C(=O)c1ccc(NC(=O)CCNS(=O)(=O)c2ccccc2)cc1Cl. The first kappa shape index (κ1) is 22.9. The van der Waals surface area contributed by atoms with Crippen LogP contribution in [0, 0.1) is 0 Å². The first-order chi connectivity index (χ1) is 13.8. The van der Waals surface area contributed by atoms with Gasteiger partial charge >= 0.3 is 0 Å². The zero-order chi connectivity index (χ0) is 21.4. The number of sulfonamides is 1. The highest BCUT2D eigenvalue weighted by molar-refractivity contribution is 7.89. The number of amides is 2. The fraction of sp³-hybridized carbons (Fsp3) is 0.300. The smallest absolute Gasteiger partial charge is 0.255 e. The zero-order valence-corrected chi connectivity index (χ0v) is 17.9. The summed E-state index contributed by atoms with van der Waals surface area (Å²) in [6.07, 6.45) is -0.0518. The Kier molecular flexibility index (Phi) is 8.19. The van der Waals surface area contributed by atoms with Gasteiger partial charge in [0.05, 0.1) is 15.5 Å². The molecule has 156 valence electrons. The second-order valence-electron chi connectivity index (χ2n) is 6.18. The summed E-state index contributed by atoms with van der Waals surface area (Å²) in [5, 5.41) is 2.89. The van der Waals surface area contributed by atoms with Crippen molar-refractivity contribution in [3.05, 3.63) is 59.1 Å². The molecule has 0 atom stereocenters. The van der Waals surface area contributed by atoms with E-state index in [1.807, 2.05) is 13.8 Å². The van der Waals surface area contributed by atoms with Crippen molar-refractivity contribution in [1.29, 1.82) is 0 Å². The maximum Gasteiger partial charge on any atom is 0.255 e. The number of anilines is 1. The molecule has 2 rings (SSSR count). The molecule has 0 unspecified atom stereocenters. The van der Waals surface area contributed by atoms with E-state index in [0.29, 0.717) is 24.3 Å². The average Bonchev–Trinajstić information content (AvgIpc) is 2.69. The van der Waals surface area contributed by atoms with Crippen LogP contribution in [0.5, 0.6) is 0 Å².